The van der Waals surface area contributed by atoms with Crippen LogP contribution in [0.15, 0.2) is 23.6 Å². The molecule has 0 unspecified atom stereocenters. The zero-order valence-electron chi connectivity index (χ0n) is 17.7. The Kier molecular flexibility index (Phi) is 4.07. The number of rotatable bonds is 4. The first-order chi connectivity index (χ1) is 14.3. The van der Waals surface area contributed by atoms with Gasteiger partial charge in [0.25, 0.3) is 0 Å². The van der Waals surface area contributed by atoms with Crippen LogP contribution >= 0.6 is 0 Å². The van der Waals surface area contributed by atoms with E-state index >= 15 is 0 Å². The van der Waals surface area contributed by atoms with E-state index in [1.807, 2.05) is 20.9 Å². The van der Waals surface area contributed by atoms with Crippen molar-refractivity contribution in [3.05, 3.63) is 40.7 Å². The Morgan fingerprint density at radius 1 is 1.30 bits per heavy atom. The third-order valence-electron chi connectivity index (χ3n) is 6.63. The van der Waals surface area contributed by atoms with Gasteiger partial charge in [0.05, 0.1) is 18.2 Å². The Morgan fingerprint density at radius 2 is 2.10 bits per heavy atom. The highest BCUT2D eigenvalue weighted by Gasteiger charge is 2.62. The first kappa shape index (κ1) is 18.9. The molecular weight excluding hydrogens is 386 g/mol. The lowest BCUT2D eigenvalue weighted by Crippen LogP contribution is -2.48. The van der Waals surface area contributed by atoms with Crippen LogP contribution in [0.2, 0.25) is 0 Å². The number of aryl methyl sites for hydroxylation is 3. The molecule has 2 bridgehead atoms. The standard InChI is InChI=1S/C19H25N9O2/c1-6-19-8-27(17-22-13(4)25(5)24-17)14(12(19)3)16(30-19)26-7-11(2)15(23-18(26)29)28-10-20-9-21-28/h7,9-10,12,14,16H,6,8H2,1-5H3/t12-,14+,16+,19-/m0/s1. The van der Waals surface area contributed by atoms with E-state index in [-0.39, 0.29) is 23.3 Å². The highest BCUT2D eigenvalue weighted by Crippen LogP contribution is 2.52. The van der Waals surface area contributed by atoms with Crippen molar-refractivity contribution in [2.24, 2.45) is 13.0 Å². The first-order valence-electron chi connectivity index (χ1n) is 10.1. The van der Waals surface area contributed by atoms with Gasteiger partial charge in [0, 0.05) is 24.7 Å². The van der Waals surface area contributed by atoms with Gasteiger partial charge < -0.3 is 9.64 Å². The van der Waals surface area contributed by atoms with Crippen LogP contribution in [0.1, 0.15) is 37.9 Å². The topological polar surface area (TPSA) is 109 Å². The second-order valence-corrected chi connectivity index (χ2v) is 8.19. The fraction of sp³-hybridized carbons (Fsp3) is 0.579. The van der Waals surface area contributed by atoms with Gasteiger partial charge in [-0.2, -0.15) is 15.1 Å². The van der Waals surface area contributed by atoms with Crippen LogP contribution in [-0.2, 0) is 11.8 Å². The van der Waals surface area contributed by atoms with Crippen LogP contribution in [0.5, 0.6) is 0 Å². The molecule has 0 spiro atoms. The molecule has 11 nitrogen and oxygen atoms in total. The monoisotopic (exact) mass is 411 g/mol. The molecule has 4 atom stereocenters. The molecule has 0 aromatic carbocycles. The minimum absolute atomic E-state index is 0.0668. The molecule has 3 aromatic heterocycles. The Morgan fingerprint density at radius 3 is 2.70 bits per heavy atom. The van der Waals surface area contributed by atoms with Gasteiger partial charge in [0.2, 0.25) is 5.95 Å². The second kappa shape index (κ2) is 6.46. The molecule has 11 heteroatoms. The van der Waals surface area contributed by atoms with E-state index in [0.29, 0.717) is 18.3 Å². The predicted octanol–water partition coefficient (Wildman–Crippen LogP) is 0.772. The number of aromatic nitrogens is 8. The maximum Gasteiger partial charge on any atom is 0.351 e. The molecule has 0 saturated carbocycles. The smallest absolute Gasteiger partial charge is 0.347 e. The lowest BCUT2D eigenvalue weighted by molar-refractivity contribution is -0.0952. The third-order valence-corrected chi connectivity index (χ3v) is 6.63. The number of ether oxygens (including phenoxy) is 1. The number of morpholine rings is 1. The van der Waals surface area contributed by atoms with E-state index in [9.17, 15) is 4.79 Å². The molecule has 5 rings (SSSR count). The van der Waals surface area contributed by atoms with Crippen LogP contribution in [0.25, 0.3) is 5.82 Å². The number of hydrogen-bond acceptors (Lipinski definition) is 8. The van der Waals surface area contributed by atoms with Crippen molar-refractivity contribution in [2.75, 3.05) is 11.4 Å². The lowest BCUT2D eigenvalue weighted by atomic mass is 9.88. The van der Waals surface area contributed by atoms with Crippen LogP contribution < -0.4 is 10.6 Å². The van der Waals surface area contributed by atoms with E-state index in [4.69, 9.17) is 4.74 Å². The van der Waals surface area contributed by atoms with Crippen LogP contribution in [0, 0.1) is 19.8 Å². The van der Waals surface area contributed by atoms with Gasteiger partial charge >= 0.3 is 5.69 Å². The van der Waals surface area contributed by atoms with Gasteiger partial charge in [-0.25, -0.2) is 14.5 Å². The Labute approximate surface area is 173 Å². The molecule has 0 N–H and O–H groups in total. The maximum atomic E-state index is 13.0. The minimum Gasteiger partial charge on any atom is -0.347 e. The van der Waals surface area contributed by atoms with Crippen LogP contribution in [0.3, 0.4) is 0 Å². The number of fused-ring (bicyclic) bond motifs is 2. The lowest BCUT2D eigenvalue weighted by Gasteiger charge is -2.37. The molecule has 0 radical (unpaired) electrons. The molecule has 2 fully saturated rings. The third kappa shape index (κ3) is 2.54. The minimum atomic E-state index is -0.471. The quantitative estimate of drug-likeness (QED) is 0.619. The molecule has 30 heavy (non-hydrogen) atoms. The number of nitrogens with zero attached hydrogens (tertiary/aromatic N) is 9. The van der Waals surface area contributed by atoms with Gasteiger partial charge in [-0.05, 0) is 20.3 Å². The average Bonchev–Trinajstić information content (AvgIpc) is 3.48. The first-order valence-corrected chi connectivity index (χ1v) is 10.1. The summed E-state index contributed by atoms with van der Waals surface area (Å²) in [6.07, 6.45) is 5.10. The maximum absolute atomic E-state index is 13.0. The second-order valence-electron chi connectivity index (χ2n) is 8.19. The molecule has 0 amide bonds. The van der Waals surface area contributed by atoms with Crippen molar-refractivity contribution in [2.45, 2.75) is 52.0 Å². The van der Waals surface area contributed by atoms with Gasteiger partial charge in [-0.1, -0.05) is 13.8 Å². The largest absolute Gasteiger partial charge is 0.351 e. The summed E-state index contributed by atoms with van der Waals surface area (Å²) >= 11 is 0. The summed E-state index contributed by atoms with van der Waals surface area (Å²) in [5, 5.41) is 8.67. The molecule has 2 saturated heterocycles. The molecule has 0 aliphatic carbocycles. The predicted molar refractivity (Wildman–Crippen MR) is 107 cm³/mol. The molecule has 158 valence electrons. The van der Waals surface area contributed by atoms with Gasteiger partial charge in [-0.3, -0.25) is 9.25 Å². The molecule has 2 aliphatic rings. The Hall–Kier alpha value is -3.08. The molecule has 3 aromatic rings. The van der Waals surface area contributed by atoms with Crippen molar-refractivity contribution < 1.29 is 4.74 Å². The summed E-state index contributed by atoms with van der Waals surface area (Å²) in [6.45, 7) is 8.83. The number of anilines is 1. The van der Waals surface area contributed by atoms with E-state index in [2.05, 4.69) is 43.9 Å². The van der Waals surface area contributed by atoms with Crippen molar-refractivity contribution in [3.63, 3.8) is 0 Å². The fourth-order valence-electron chi connectivity index (χ4n) is 4.77. The van der Waals surface area contributed by atoms with Crippen molar-refractivity contribution in [3.8, 4) is 5.82 Å². The fourth-order valence-corrected chi connectivity index (χ4v) is 4.77. The van der Waals surface area contributed by atoms with Gasteiger partial charge in [-0.15, -0.1) is 5.10 Å². The van der Waals surface area contributed by atoms with Crippen molar-refractivity contribution >= 4 is 5.95 Å². The van der Waals surface area contributed by atoms with E-state index in [1.165, 1.54) is 17.3 Å². The molecular formula is C19H25N9O2. The molecule has 2 aliphatic heterocycles. The normalized spacial score (nSPS) is 27.9. The van der Waals surface area contributed by atoms with Crippen molar-refractivity contribution in [1.82, 2.24) is 39.1 Å². The number of hydrogen-bond donors (Lipinski definition) is 0. The Balaban J connectivity index is 1.58. The van der Waals surface area contributed by atoms with E-state index < -0.39 is 6.23 Å². The summed E-state index contributed by atoms with van der Waals surface area (Å²) in [6, 6.07) is -0.0668. The molecule has 5 heterocycles. The summed E-state index contributed by atoms with van der Waals surface area (Å²) in [4.78, 5) is 28.0. The van der Waals surface area contributed by atoms with Gasteiger partial charge in [0.15, 0.2) is 12.0 Å². The zero-order valence-corrected chi connectivity index (χ0v) is 17.7. The zero-order chi connectivity index (χ0) is 21.2. The summed E-state index contributed by atoms with van der Waals surface area (Å²) in [7, 11) is 1.88. The van der Waals surface area contributed by atoms with Gasteiger partial charge in [0.1, 0.15) is 18.5 Å². The van der Waals surface area contributed by atoms with Crippen molar-refractivity contribution in [1.29, 1.82) is 0 Å². The SMILES string of the molecule is CC[C@@]12CN(c3nc(C)n(C)n3)[C@@H]([C@H](n3cc(C)c(-n4cncn4)nc3=O)O1)[C@@H]2C. The van der Waals surface area contributed by atoms with E-state index in [1.54, 1.807) is 15.4 Å². The Bertz CT molecular complexity index is 1130. The summed E-state index contributed by atoms with van der Waals surface area (Å²) in [5.74, 6) is 2.19. The average molecular weight is 411 g/mol. The summed E-state index contributed by atoms with van der Waals surface area (Å²) < 4.78 is 11.4. The van der Waals surface area contributed by atoms with Crippen LogP contribution in [-0.4, -0.2) is 57.3 Å². The highest BCUT2D eigenvalue weighted by atomic mass is 16.5. The van der Waals surface area contributed by atoms with E-state index in [0.717, 1.165) is 17.8 Å². The summed E-state index contributed by atoms with van der Waals surface area (Å²) in [5.41, 5.74) is 0.0654. The highest BCUT2D eigenvalue weighted by molar-refractivity contribution is 5.40. The van der Waals surface area contributed by atoms with Crippen LogP contribution in [0.4, 0.5) is 5.95 Å².